The lowest BCUT2D eigenvalue weighted by molar-refractivity contribution is 0.141. The van der Waals surface area contributed by atoms with Gasteiger partial charge in [-0.25, -0.2) is 4.79 Å². The van der Waals surface area contributed by atoms with Crippen LogP contribution in [-0.2, 0) is 0 Å². The van der Waals surface area contributed by atoms with Crippen molar-refractivity contribution >= 4 is 17.2 Å². The van der Waals surface area contributed by atoms with Gasteiger partial charge in [0.25, 0.3) is 0 Å². The van der Waals surface area contributed by atoms with Crippen molar-refractivity contribution in [2.24, 2.45) is 0 Å². The summed E-state index contributed by atoms with van der Waals surface area (Å²) in [5.41, 5.74) is 3.70. The fourth-order valence-electron chi connectivity index (χ4n) is 1.38. The molecule has 0 saturated carbocycles. The number of aromatic nitrogens is 2. The third-order valence-electron chi connectivity index (χ3n) is 2.26. The molecular weight excluding hydrogens is 196 g/mol. The molecule has 2 N–H and O–H groups in total. The molecule has 1 aromatic heterocycles. The van der Waals surface area contributed by atoms with E-state index in [9.17, 15) is 4.79 Å². The number of aromatic amines is 1. The molecular formula is C10H10N2O3. The van der Waals surface area contributed by atoms with Crippen LogP contribution in [0.3, 0.4) is 0 Å². The number of nitrogens with zero attached hydrogens (tertiary/aromatic N) is 1. The molecule has 0 unspecified atom stereocenters. The third kappa shape index (κ3) is 1.76. The van der Waals surface area contributed by atoms with Gasteiger partial charge in [-0.3, -0.25) is 0 Å². The molecule has 0 fully saturated rings. The van der Waals surface area contributed by atoms with E-state index in [2.05, 4.69) is 14.7 Å². The Hall–Kier alpha value is -2.04. The third-order valence-corrected chi connectivity index (χ3v) is 2.26. The Morgan fingerprint density at radius 1 is 1.40 bits per heavy atom. The lowest BCUT2D eigenvalue weighted by Gasteiger charge is -1.97. The van der Waals surface area contributed by atoms with Crippen LogP contribution in [0.25, 0.3) is 11.0 Å². The van der Waals surface area contributed by atoms with Crippen LogP contribution in [0.15, 0.2) is 12.1 Å². The number of hydrogen-bond donors (Lipinski definition) is 2. The van der Waals surface area contributed by atoms with Crippen molar-refractivity contribution in [3.05, 3.63) is 23.3 Å². The molecule has 78 valence electrons. The highest BCUT2D eigenvalue weighted by molar-refractivity contribution is 5.78. The van der Waals surface area contributed by atoms with Crippen molar-refractivity contribution in [2.45, 2.75) is 13.8 Å². The summed E-state index contributed by atoms with van der Waals surface area (Å²) >= 11 is 0. The number of hydrogen-bond acceptors (Lipinski definition) is 3. The molecule has 5 nitrogen and oxygen atoms in total. The van der Waals surface area contributed by atoms with E-state index >= 15 is 0 Å². The molecule has 2 aromatic rings. The zero-order valence-corrected chi connectivity index (χ0v) is 8.37. The molecule has 0 aliphatic heterocycles. The fourth-order valence-corrected chi connectivity index (χ4v) is 1.38. The first-order valence-corrected chi connectivity index (χ1v) is 4.44. The highest BCUT2D eigenvalue weighted by Gasteiger charge is 2.08. The maximum atomic E-state index is 10.3. The summed E-state index contributed by atoms with van der Waals surface area (Å²) in [6.07, 6.45) is -1.37. The number of aryl methyl sites for hydroxylation is 2. The number of fused-ring (bicyclic) bond motifs is 1. The second-order valence-electron chi connectivity index (χ2n) is 3.36. The second kappa shape index (κ2) is 3.27. The molecule has 1 heterocycles. The zero-order valence-electron chi connectivity index (χ0n) is 8.37. The van der Waals surface area contributed by atoms with E-state index < -0.39 is 6.16 Å². The lowest BCUT2D eigenvalue weighted by atomic mass is 10.1. The molecule has 0 aliphatic rings. The van der Waals surface area contributed by atoms with Crippen molar-refractivity contribution in [3.8, 4) is 6.01 Å². The maximum Gasteiger partial charge on any atom is 0.513 e. The van der Waals surface area contributed by atoms with Gasteiger partial charge in [-0.15, -0.1) is 0 Å². The van der Waals surface area contributed by atoms with Gasteiger partial charge in [0.2, 0.25) is 0 Å². The van der Waals surface area contributed by atoms with Crippen LogP contribution in [0.2, 0.25) is 0 Å². The van der Waals surface area contributed by atoms with Crippen LogP contribution in [-0.4, -0.2) is 21.2 Å². The summed E-state index contributed by atoms with van der Waals surface area (Å²) in [4.78, 5) is 17.1. The average molecular weight is 206 g/mol. The lowest BCUT2D eigenvalue weighted by Crippen LogP contribution is -2.03. The van der Waals surface area contributed by atoms with Crippen molar-refractivity contribution in [1.82, 2.24) is 9.97 Å². The van der Waals surface area contributed by atoms with E-state index in [1.807, 2.05) is 26.0 Å². The normalized spacial score (nSPS) is 10.5. The van der Waals surface area contributed by atoms with Crippen LogP contribution in [0, 0.1) is 13.8 Å². The Labute approximate surface area is 85.7 Å². The van der Waals surface area contributed by atoms with E-state index in [4.69, 9.17) is 5.11 Å². The van der Waals surface area contributed by atoms with Crippen molar-refractivity contribution in [2.75, 3.05) is 0 Å². The highest BCUT2D eigenvalue weighted by atomic mass is 16.7. The molecule has 0 amide bonds. The standard InChI is InChI=1S/C10H10N2O3/c1-5-3-7-8(4-6(5)2)12-9(11-7)15-10(13)14/h3-4H,1-2H3,(H,11,12)(H,13,14). The molecule has 1 aromatic carbocycles. The number of ether oxygens (including phenoxy) is 1. The van der Waals surface area contributed by atoms with Gasteiger partial charge in [0.15, 0.2) is 0 Å². The zero-order chi connectivity index (χ0) is 11.0. The van der Waals surface area contributed by atoms with Crippen molar-refractivity contribution < 1.29 is 14.6 Å². The number of H-pyrrole nitrogens is 1. The monoisotopic (exact) mass is 206 g/mol. The first-order valence-electron chi connectivity index (χ1n) is 4.44. The summed E-state index contributed by atoms with van der Waals surface area (Å²) in [6.45, 7) is 3.95. The van der Waals surface area contributed by atoms with Crippen LogP contribution in [0.4, 0.5) is 4.79 Å². The summed E-state index contributed by atoms with van der Waals surface area (Å²) in [7, 11) is 0. The van der Waals surface area contributed by atoms with Crippen LogP contribution in [0.1, 0.15) is 11.1 Å². The number of rotatable bonds is 1. The van der Waals surface area contributed by atoms with Gasteiger partial charge in [0.05, 0.1) is 11.0 Å². The van der Waals surface area contributed by atoms with Gasteiger partial charge in [-0.05, 0) is 37.1 Å². The average Bonchev–Trinajstić information content (AvgIpc) is 2.46. The molecule has 0 saturated heterocycles. The summed E-state index contributed by atoms with van der Waals surface area (Å²) in [5, 5.41) is 8.42. The topological polar surface area (TPSA) is 75.2 Å². The van der Waals surface area contributed by atoms with E-state index in [0.717, 1.165) is 16.6 Å². The molecule has 5 heteroatoms. The molecule has 0 atom stereocenters. The highest BCUT2D eigenvalue weighted by Crippen LogP contribution is 2.19. The van der Waals surface area contributed by atoms with Crippen molar-refractivity contribution in [1.29, 1.82) is 0 Å². The van der Waals surface area contributed by atoms with E-state index in [1.165, 1.54) is 0 Å². The molecule has 2 rings (SSSR count). The number of carboxylic acid groups (broad SMARTS) is 1. The molecule has 0 radical (unpaired) electrons. The van der Waals surface area contributed by atoms with E-state index in [-0.39, 0.29) is 6.01 Å². The molecule has 15 heavy (non-hydrogen) atoms. The number of carbonyl (C=O) groups is 1. The Morgan fingerprint density at radius 3 is 2.73 bits per heavy atom. The van der Waals surface area contributed by atoms with Crippen LogP contribution >= 0.6 is 0 Å². The fraction of sp³-hybridized carbons (Fsp3) is 0.200. The largest absolute Gasteiger partial charge is 0.513 e. The van der Waals surface area contributed by atoms with Gasteiger partial charge < -0.3 is 14.8 Å². The summed E-state index contributed by atoms with van der Waals surface area (Å²) < 4.78 is 4.43. The molecule has 0 aliphatic carbocycles. The Kier molecular flexibility index (Phi) is 2.07. The van der Waals surface area contributed by atoms with Gasteiger partial charge in [0, 0.05) is 0 Å². The predicted octanol–water partition coefficient (Wildman–Crippen LogP) is 2.24. The quantitative estimate of drug-likeness (QED) is 0.701. The Morgan fingerprint density at radius 2 is 2.07 bits per heavy atom. The maximum absolute atomic E-state index is 10.3. The summed E-state index contributed by atoms with van der Waals surface area (Å²) in [6, 6.07) is 3.80. The SMILES string of the molecule is Cc1cc2nc(OC(=O)O)[nH]c2cc1C. The van der Waals surface area contributed by atoms with Gasteiger partial charge in [0.1, 0.15) is 0 Å². The first-order chi connectivity index (χ1) is 7.06. The smallest absolute Gasteiger partial charge is 0.449 e. The number of benzene rings is 1. The van der Waals surface area contributed by atoms with Gasteiger partial charge in [-0.2, -0.15) is 4.98 Å². The summed E-state index contributed by atoms with van der Waals surface area (Å²) in [5.74, 6) is 0. The first kappa shape index (κ1) is 9.51. The predicted molar refractivity (Wildman–Crippen MR) is 54.2 cm³/mol. The number of nitrogens with one attached hydrogen (secondary N) is 1. The second-order valence-corrected chi connectivity index (χ2v) is 3.36. The van der Waals surface area contributed by atoms with Crippen LogP contribution in [0.5, 0.6) is 6.01 Å². The minimum Gasteiger partial charge on any atom is -0.449 e. The van der Waals surface area contributed by atoms with E-state index in [1.54, 1.807) is 0 Å². The number of imidazole rings is 1. The van der Waals surface area contributed by atoms with E-state index in [0.29, 0.717) is 5.52 Å². The van der Waals surface area contributed by atoms with Gasteiger partial charge >= 0.3 is 12.2 Å². The minimum absolute atomic E-state index is 0.00231. The Balaban J connectivity index is 2.51. The van der Waals surface area contributed by atoms with Crippen molar-refractivity contribution in [3.63, 3.8) is 0 Å². The molecule has 0 spiro atoms. The van der Waals surface area contributed by atoms with Crippen LogP contribution < -0.4 is 4.74 Å². The minimum atomic E-state index is -1.37. The molecule has 0 bridgehead atoms. The van der Waals surface area contributed by atoms with Gasteiger partial charge in [-0.1, -0.05) is 0 Å². The Bertz CT molecular complexity index is 492.